The Bertz CT molecular complexity index is 594. The number of hydrogen-bond donors (Lipinski definition) is 2. The fourth-order valence-corrected chi connectivity index (χ4v) is 1.92. The summed E-state index contributed by atoms with van der Waals surface area (Å²) in [5.74, 6) is -0.103. The van der Waals surface area contributed by atoms with Crippen LogP contribution in [0.25, 0.3) is 0 Å². The average molecular weight is 304 g/mol. The minimum Gasteiger partial charge on any atom is -0.378 e. The number of carbonyl (C=O) groups is 1. The van der Waals surface area contributed by atoms with Crippen molar-refractivity contribution in [3.63, 3.8) is 0 Å². The van der Waals surface area contributed by atoms with Crippen LogP contribution in [0.15, 0.2) is 48.5 Å². The second kappa shape index (κ2) is 6.99. The quantitative estimate of drug-likeness (QED) is 0.889. The number of carbonyl (C=O) groups excluding carboxylic acids is 1. The molecule has 0 aliphatic heterocycles. The van der Waals surface area contributed by atoms with Crippen molar-refractivity contribution in [1.82, 2.24) is 0 Å². The first kappa shape index (κ1) is 15.2. The van der Waals surface area contributed by atoms with E-state index in [4.69, 9.17) is 11.6 Å². The minimum absolute atomic E-state index is 0.103. The van der Waals surface area contributed by atoms with Gasteiger partial charge in [-0.15, -0.1) is 0 Å². The summed E-state index contributed by atoms with van der Waals surface area (Å²) in [6.45, 7) is 0.212. The monoisotopic (exact) mass is 303 g/mol. The van der Waals surface area contributed by atoms with Gasteiger partial charge < -0.3 is 15.5 Å². The number of benzene rings is 2. The van der Waals surface area contributed by atoms with Gasteiger partial charge in [0.05, 0.1) is 6.54 Å². The summed E-state index contributed by atoms with van der Waals surface area (Å²) < 4.78 is 0. The minimum atomic E-state index is -0.103. The first-order valence-electron chi connectivity index (χ1n) is 6.61. The Morgan fingerprint density at radius 2 is 1.57 bits per heavy atom. The summed E-state index contributed by atoms with van der Waals surface area (Å²) >= 11 is 5.80. The summed E-state index contributed by atoms with van der Waals surface area (Å²) in [5.41, 5.74) is 2.76. The van der Waals surface area contributed by atoms with E-state index in [1.54, 1.807) is 24.3 Å². The van der Waals surface area contributed by atoms with E-state index in [9.17, 15) is 4.79 Å². The molecule has 0 aliphatic rings. The standard InChI is InChI=1S/C16H18ClN3O/c1-20(2)15-9-7-13(8-10-15)18-11-16(21)19-14-5-3-12(17)4-6-14/h3-10,18H,11H2,1-2H3,(H,19,21). The van der Waals surface area contributed by atoms with Crippen molar-refractivity contribution in [2.75, 3.05) is 36.2 Å². The van der Waals surface area contributed by atoms with Gasteiger partial charge in [0.15, 0.2) is 0 Å². The van der Waals surface area contributed by atoms with Crippen LogP contribution in [0, 0.1) is 0 Å². The van der Waals surface area contributed by atoms with Gasteiger partial charge in [-0.1, -0.05) is 11.6 Å². The molecule has 2 aromatic carbocycles. The van der Waals surface area contributed by atoms with Gasteiger partial charge in [0.2, 0.25) is 5.91 Å². The first-order valence-corrected chi connectivity index (χ1v) is 6.99. The smallest absolute Gasteiger partial charge is 0.243 e. The molecule has 0 saturated heterocycles. The number of hydrogen-bond acceptors (Lipinski definition) is 3. The number of nitrogens with zero attached hydrogens (tertiary/aromatic N) is 1. The molecule has 2 aromatic rings. The van der Waals surface area contributed by atoms with E-state index in [0.29, 0.717) is 5.02 Å². The van der Waals surface area contributed by atoms with Crippen molar-refractivity contribution in [2.45, 2.75) is 0 Å². The van der Waals surface area contributed by atoms with E-state index in [0.717, 1.165) is 17.1 Å². The maximum absolute atomic E-state index is 11.8. The van der Waals surface area contributed by atoms with E-state index in [1.807, 2.05) is 43.3 Å². The molecule has 2 rings (SSSR count). The van der Waals surface area contributed by atoms with Crippen LogP contribution in [0.2, 0.25) is 5.02 Å². The molecule has 0 saturated carbocycles. The molecule has 0 bridgehead atoms. The summed E-state index contributed by atoms with van der Waals surface area (Å²) in [6, 6.07) is 14.9. The summed E-state index contributed by atoms with van der Waals surface area (Å²) in [6.07, 6.45) is 0. The van der Waals surface area contributed by atoms with Crippen LogP contribution < -0.4 is 15.5 Å². The van der Waals surface area contributed by atoms with Gasteiger partial charge in [0, 0.05) is 36.2 Å². The van der Waals surface area contributed by atoms with E-state index in [1.165, 1.54) is 0 Å². The molecule has 0 aliphatic carbocycles. The molecular formula is C16H18ClN3O. The maximum Gasteiger partial charge on any atom is 0.243 e. The number of nitrogens with one attached hydrogen (secondary N) is 2. The van der Waals surface area contributed by atoms with Gasteiger partial charge >= 0.3 is 0 Å². The zero-order chi connectivity index (χ0) is 15.2. The molecule has 2 N–H and O–H groups in total. The van der Waals surface area contributed by atoms with Gasteiger partial charge in [-0.25, -0.2) is 0 Å². The van der Waals surface area contributed by atoms with Crippen molar-refractivity contribution in [2.24, 2.45) is 0 Å². The molecule has 0 atom stereocenters. The molecule has 1 amide bonds. The third-order valence-electron chi connectivity index (χ3n) is 2.96. The van der Waals surface area contributed by atoms with Crippen molar-refractivity contribution in [3.05, 3.63) is 53.6 Å². The predicted octanol–water partition coefficient (Wildman–Crippen LogP) is 3.46. The van der Waals surface area contributed by atoms with Crippen LogP contribution in [0.5, 0.6) is 0 Å². The van der Waals surface area contributed by atoms with Crippen molar-refractivity contribution >= 4 is 34.6 Å². The van der Waals surface area contributed by atoms with E-state index in [2.05, 4.69) is 10.6 Å². The van der Waals surface area contributed by atoms with Crippen LogP contribution in [-0.2, 0) is 4.79 Å². The highest BCUT2D eigenvalue weighted by Crippen LogP contribution is 2.16. The Kier molecular flexibility index (Phi) is 5.06. The Hall–Kier alpha value is -2.20. The number of rotatable bonds is 5. The van der Waals surface area contributed by atoms with Gasteiger partial charge in [-0.3, -0.25) is 4.79 Å². The van der Waals surface area contributed by atoms with E-state index < -0.39 is 0 Å². The topological polar surface area (TPSA) is 44.4 Å². The third-order valence-corrected chi connectivity index (χ3v) is 3.22. The third kappa shape index (κ3) is 4.68. The lowest BCUT2D eigenvalue weighted by molar-refractivity contribution is -0.114. The van der Waals surface area contributed by atoms with E-state index >= 15 is 0 Å². The normalized spacial score (nSPS) is 10.0. The molecule has 0 aromatic heterocycles. The second-order valence-electron chi connectivity index (χ2n) is 4.85. The molecule has 0 radical (unpaired) electrons. The van der Waals surface area contributed by atoms with Gasteiger partial charge in [-0.2, -0.15) is 0 Å². The van der Waals surface area contributed by atoms with Gasteiger partial charge in [0.1, 0.15) is 0 Å². The molecule has 0 spiro atoms. The summed E-state index contributed by atoms with van der Waals surface area (Å²) in [4.78, 5) is 13.9. The zero-order valence-electron chi connectivity index (χ0n) is 12.1. The second-order valence-corrected chi connectivity index (χ2v) is 5.29. The molecule has 21 heavy (non-hydrogen) atoms. The van der Waals surface area contributed by atoms with Crippen molar-refractivity contribution in [3.8, 4) is 0 Å². The lowest BCUT2D eigenvalue weighted by Crippen LogP contribution is -2.21. The van der Waals surface area contributed by atoms with Gasteiger partial charge in [-0.05, 0) is 48.5 Å². The molecule has 0 fully saturated rings. The Balaban J connectivity index is 1.84. The average Bonchev–Trinajstić information content (AvgIpc) is 2.48. The van der Waals surface area contributed by atoms with Crippen LogP contribution in [0.4, 0.5) is 17.1 Å². The number of halogens is 1. The van der Waals surface area contributed by atoms with Gasteiger partial charge in [0.25, 0.3) is 0 Å². The molecular weight excluding hydrogens is 286 g/mol. The number of amides is 1. The fourth-order valence-electron chi connectivity index (χ4n) is 1.80. The largest absolute Gasteiger partial charge is 0.378 e. The lowest BCUT2D eigenvalue weighted by Gasteiger charge is -2.13. The Morgan fingerprint density at radius 1 is 1.00 bits per heavy atom. The van der Waals surface area contributed by atoms with Crippen LogP contribution in [0.3, 0.4) is 0 Å². The number of anilines is 3. The fraction of sp³-hybridized carbons (Fsp3) is 0.188. The van der Waals surface area contributed by atoms with Crippen LogP contribution in [-0.4, -0.2) is 26.5 Å². The Morgan fingerprint density at radius 3 is 2.14 bits per heavy atom. The van der Waals surface area contributed by atoms with E-state index in [-0.39, 0.29) is 12.5 Å². The van der Waals surface area contributed by atoms with Crippen LogP contribution >= 0.6 is 11.6 Å². The first-order chi connectivity index (χ1) is 10.0. The highest BCUT2D eigenvalue weighted by Gasteiger charge is 2.02. The highest BCUT2D eigenvalue weighted by atomic mass is 35.5. The molecule has 4 nitrogen and oxygen atoms in total. The van der Waals surface area contributed by atoms with Crippen molar-refractivity contribution in [1.29, 1.82) is 0 Å². The summed E-state index contributed by atoms with van der Waals surface area (Å²) in [5, 5.41) is 6.53. The summed E-state index contributed by atoms with van der Waals surface area (Å²) in [7, 11) is 3.98. The lowest BCUT2D eigenvalue weighted by atomic mass is 10.2. The Labute approximate surface area is 129 Å². The maximum atomic E-state index is 11.8. The molecule has 0 heterocycles. The SMILES string of the molecule is CN(C)c1ccc(NCC(=O)Nc2ccc(Cl)cc2)cc1. The molecule has 0 unspecified atom stereocenters. The molecule has 5 heteroatoms. The molecule has 110 valence electrons. The highest BCUT2D eigenvalue weighted by molar-refractivity contribution is 6.30. The van der Waals surface area contributed by atoms with Crippen LogP contribution in [0.1, 0.15) is 0 Å². The zero-order valence-corrected chi connectivity index (χ0v) is 12.8. The van der Waals surface area contributed by atoms with Crippen molar-refractivity contribution < 1.29 is 4.79 Å². The predicted molar refractivity (Wildman–Crippen MR) is 89.3 cm³/mol.